The van der Waals surface area contributed by atoms with Crippen LogP contribution >= 0.6 is 0 Å². The Bertz CT molecular complexity index is 595. The normalized spacial score (nSPS) is 10.3. The highest BCUT2D eigenvalue weighted by molar-refractivity contribution is 5.20. The summed E-state index contributed by atoms with van der Waals surface area (Å²) in [4.78, 5) is 11.6. The van der Waals surface area contributed by atoms with Crippen LogP contribution in [0.15, 0.2) is 45.8 Å². The van der Waals surface area contributed by atoms with Gasteiger partial charge in [-0.05, 0) is 6.07 Å². The first-order valence-electron chi connectivity index (χ1n) is 5.38. The lowest BCUT2D eigenvalue weighted by atomic mass is 10.2. The third kappa shape index (κ3) is 2.75. The predicted molar refractivity (Wildman–Crippen MR) is 63.6 cm³/mol. The molecule has 0 atom stereocenters. The highest BCUT2D eigenvalue weighted by Gasteiger charge is 2.06. The first-order valence-corrected chi connectivity index (χ1v) is 5.38. The van der Waals surface area contributed by atoms with Gasteiger partial charge >= 0.3 is 0 Å². The van der Waals surface area contributed by atoms with E-state index in [1.54, 1.807) is 18.2 Å². The molecule has 2 aromatic rings. The molecule has 4 nitrogen and oxygen atoms in total. The largest absolute Gasteiger partial charge is 0.482 e. The summed E-state index contributed by atoms with van der Waals surface area (Å²) in [6.45, 7) is 0.113. The monoisotopic (exact) mass is 249 g/mol. The van der Waals surface area contributed by atoms with Gasteiger partial charge in [-0.15, -0.1) is 0 Å². The number of rotatable bonds is 4. The molecule has 0 amide bonds. The van der Waals surface area contributed by atoms with E-state index >= 15 is 0 Å². The summed E-state index contributed by atoms with van der Waals surface area (Å²) < 4.78 is 23.6. The molecule has 2 N–H and O–H groups in total. The second kappa shape index (κ2) is 5.46. The zero-order valence-electron chi connectivity index (χ0n) is 9.56. The smallest absolute Gasteiger partial charge is 0.227 e. The molecule has 1 aromatic carbocycles. The maximum atomic E-state index is 13.3. The molecule has 2 rings (SSSR count). The van der Waals surface area contributed by atoms with Gasteiger partial charge in [0.1, 0.15) is 24.4 Å². The van der Waals surface area contributed by atoms with Gasteiger partial charge in [-0.2, -0.15) is 0 Å². The van der Waals surface area contributed by atoms with Crippen molar-refractivity contribution in [1.82, 2.24) is 0 Å². The number of benzene rings is 1. The van der Waals surface area contributed by atoms with Gasteiger partial charge in [0.15, 0.2) is 0 Å². The predicted octanol–water partition coefficient (Wildman–Crippen LogP) is 1.82. The van der Waals surface area contributed by atoms with Crippen molar-refractivity contribution >= 4 is 0 Å². The summed E-state index contributed by atoms with van der Waals surface area (Å²) in [6, 6.07) is 7.46. The molecule has 0 aliphatic heterocycles. The minimum Gasteiger partial charge on any atom is -0.482 e. The Morgan fingerprint density at radius 2 is 2.11 bits per heavy atom. The number of ether oxygens (including phenoxy) is 1. The Labute approximate surface area is 103 Å². The van der Waals surface area contributed by atoms with Crippen LogP contribution in [-0.4, -0.2) is 0 Å². The maximum Gasteiger partial charge on any atom is 0.227 e. The first-order chi connectivity index (χ1) is 8.70. The van der Waals surface area contributed by atoms with Crippen LogP contribution < -0.4 is 15.9 Å². The fourth-order valence-corrected chi connectivity index (χ4v) is 1.42. The van der Waals surface area contributed by atoms with Crippen LogP contribution in [0.3, 0.4) is 0 Å². The van der Waals surface area contributed by atoms with Crippen LogP contribution in [0.2, 0.25) is 0 Å². The Hall–Kier alpha value is -2.14. The molecule has 1 heterocycles. The van der Waals surface area contributed by atoms with Crippen LogP contribution in [0.5, 0.6) is 5.75 Å². The number of hydrogen-bond acceptors (Lipinski definition) is 4. The molecule has 0 unspecified atom stereocenters. The molecule has 18 heavy (non-hydrogen) atoms. The topological polar surface area (TPSA) is 65.5 Å². The second-order valence-electron chi connectivity index (χ2n) is 3.66. The molecule has 0 aliphatic carbocycles. The van der Waals surface area contributed by atoms with E-state index in [1.165, 1.54) is 18.4 Å². The maximum absolute atomic E-state index is 13.3. The van der Waals surface area contributed by atoms with Crippen molar-refractivity contribution in [3.8, 4) is 5.75 Å². The second-order valence-corrected chi connectivity index (χ2v) is 3.66. The van der Waals surface area contributed by atoms with Crippen LogP contribution in [0, 0.1) is 5.82 Å². The van der Waals surface area contributed by atoms with E-state index in [9.17, 15) is 9.18 Å². The van der Waals surface area contributed by atoms with E-state index in [0.29, 0.717) is 11.3 Å². The Kier molecular flexibility index (Phi) is 3.74. The van der Waals surface area contributed by atoms with Crippen molar-refractivity contribution in [3.05, 3.63) is 64.0 Å². The number of nitrogens with two attached hydrogens (primary N) is 1. The molecule has 94 valence electrons. The van der Waals surface area contributed by atoms with E-state index in [1.807, 2.05) is 0 Å². The molecule has 0 saturated heterocycles. The van der Waals surface area contributed by atoms with Gasteiger partial charge in [0.25, 0.3) is 0 Å². The summed E-state index contributed by atoms with van der Waals surface area (Å²) in [5, 5.41) is 0. The van der Waals surface area contributed by atoms with Crippen molar-refractivity contribution in [1.29, 1.82) is 0 Å². The standard InChI is InChI=1S/C13H12FNO3/c14-11-4-2-1-3-9(11)7-18-13-8-17-10(6-15)5-12(13)16/h1-5,8H,6-7,15H2. The zero-order chi connectivity index (χ0) is 13.0. The average Bonchev–Trinajstić information content (AvgIpc) is 2.39. The molecule has 0 bridgehead atoms. The van der Waals surface area contributed by atoms with E-state index < -0.39 is 0 Å². The molecular formula is C13H12FNO3. The number of hydrogen-bond donors (Lipinski definition) is 1. The lowest BCUT2D eigenvalue weighted by Crippen LogP contribution is -2.10. The quantitative estimate of drug-likeness (QED) is 0.897. The molecule has 1 aromatic heterocycles. The van der Waals surface area contributed by atoms with Gasteiger partial charge in [-0.3, -0.25) is 4.79 Å². The van der Waals surface area contributed by atoms with Crippen molar-refractivity contribution in [3.63, 3.8) is 0 Å². The Balaban J connectivity index is 2.11. The highest BCUT2D eigenvalue weighted by atomic mass is 19.1. The van der Waals surface area contributed by atoms with E-state index in [2.05, 4.69) is 0 Å². The van der Waals surface area contributed by atoms with Crippen molar-refractivity contribution in [2.45, 2.75) is 13.2 Å². The molecular weight excluding hydrogens is 237 g/mol. The van der Waals surface area contributed by atoms with E-state index in [0.717, 1.165) is 0 Å². The summed E-state index contributed by atoms with van der Waals surface area (Å²) in [5.41, 5.74) is 5.37. The molecule has 5 heteroatoms. The minimum absolute atomic E-state index is 0.0284. The molecule has 0 saturated carbocycles. The zero-order valence-corrected chi connectivity index (χ0v) is 9.56. The average molecular weight is 249 g/mol. The summed E-state index contributed by atoms with van der Waals surface area (Å²) in [5.74, 6) is 0.0363. The fourth-order valence-electron chi connectivity index (χ4n) is 1.42. The van der Waals surface area contributed by atoms with Gasteiger partial charge in [0.2, 0.25) is 11.2 Å². The summed E-state index contributed by atoms with van der Waals surface area (Å²) >= 11 is 0. The van der Waals surface area contributed by atoms with Crippen LogP contribution in [0.1, 0.15) is 11.3 Å². The summed E-state index contributed by atoms with van der Waals surface area (Å²) in [7, 11) is 0. The van der Waals surface area contributed by atoms with Crippen LogP contribution in [0.25, 0.3) is 0 Å². The van der Waals surface area contributed by atoms with E-state index in [-0.39, 0.29) is 30.1 Å². The van der Waals surface area contributed by atoms with Crippen molar-refractivity contribution in [2.75, 3.05) is 0 Å². The fraction of sp³-hybridized carbons (Fsp3) is 0.154. The lowest BCUT2D eigenvalue weighted by molar-refractivity contribution is 0.284. The molecule has 0 spiro atoms. The van der Waals surface area contributed by atoms with Gasteiger partial charge in [0, 0.05) is 11.6 Å². The Morgan fingerprint density at radius 3 is 2.78 bits per heavy atom. The highest BCUT2D eigenvalue weighted by Crippen LogP contribution is 2.11. The first kappa shape index (κ1) is 12.3. The van der Waals surface area contributed by atoms with Crippen LogP contribution in [0.4, 0.5) is 4.39 Å². The van der Waals surface area contributed by atoms with E-state index in [4.69, 9.17) is 14.9 Å². The van der Waals surface area contributed by atoms with Gasteiger partial charge in [-0.25, -0.2) is 4.39 Å². The van der Waals surface area contributed by atoms with Crippen LogP contribution in [-0.2, 0) is 13.2 Å². The van der Waals surface area contributed by atoms with Gasteiger partial charge < -0.3 is 14.9 Å². The van der Waals surface area contributed by atoms with Crippen molar-refractivity contribution in [2.24, 2.45) is 5.73 Å². The minimum atomic E-state index is -0.375. The lowest BCUT2D eigenvalue weighted by Gasteiger charge is -2.06. The number of halogens is 1. The van der Waals surface area contributed by atoms with Gasteiger partial charge in [-0.1, -0.05) is 18.2 Å². The third-order valence-corrected chi connectivity index (χ3v) is 2.39. The van der Waals surface area contributed by atoms with Gasteiger partial charge in [0.05, 0.1) is 6.54 Å². The molecule has 0 aliphatic rings. The van der Waals surface area contributed by atoms with Crippen molar-refractivity contribution < 1.29 is 13.5 Å². The molecule has 0 fully saturated rings. The third-order valence-electron chi connectivity index (χ3n) is 2.39. The Morgan fingerprint density at radius 1 is 1.33 bits per heavy atom. The molecule has 0 radical (unpaired) electrons. The summed E-state index contributed by atoms with van der Waals surface area (Å²) in [6.07, 6.45) is 1.19. The SMILES string of the molecule is NCc1cc(=O)c(OCc2ccccc2F)co1.